The van der Waals surface area contributed by atoms with Crippen molar-refractivity contribution in [2.45, 2.75) is 5.41 Å². The van der Waals surface area contributed by atoms with Gasteiger partial charge < -0.3 is 0 Å². The van der Waals surface area contributed by atoms with Gasteiger partial charge in [0.25, 0.3) is 0 Å². The number of fused-ring (bicyclic) bond motifs is 12. The largest absolute Gasteiger partial charge is 0.247 e. The first kappa shape index (κ1) is 37.0. The van der Waals surface area contributed by atoms with Crippen molar-refractivity contribution in [1.29, 1.82) is 0 Å². The highest BCUT2D eigenvalue weighted by Gasteiger charge is 2.53. The molecule has 13 rings (SSSR count). The maximum absolute atomic E-state index is 5.64. The van der Waals surface area contributed by atoms with Gasteiger partial charge in [0, 0.05) is 38.8 Å². The predicted octanol–water partition coefficient (Wildman–Crippen LogP) is 14.8. The summed E-state index contributed by atoms with van der Waals surface area (Å²) in [5.74, 6) is 1.92. The van der Waals surface area contributed by atoms with E-state index in [-0.39, 0.29) is 0 Å². The van der Waals surface area contributed by atoms with Crippen LogP contribution in [0.3, 0.4) is 0 Å². The van der Waals surface area contributed by atoms with Crippen molar-refractivity contribution in [1.82, 2.24) is 19.9 Å². The highest BCUT2D eigenvalue weighted by Crippen LogP contribution is 2.64. The molecule has 4 heteroatoms. The average molecular weight is 827 g/mol. The molecule has 65 heavy (non-hydrogen) atoms. The zero-order chi connectivity index (χ0) is 42.9. The molecule has 0 aliphatic heterocycles. The van der Waals surface area contributed by atoms with Crippen molar-refractivity contribution in [2.75, 3.05) is 0 Å². The molecule has 2 aliphatic carbocycles. The lowest BCUT2D eigenvalue weighted by molar-refractivity contribution is 0.800. The third kappa shape index (κ3) is 5.77. The molecule has 1 spiro atoms. The first-order valence-electron chi connectivity index (χ1n) is 22.1. The van der Waals surface area contributed by atoms with Gasteiger partial charge in [-0.2, -0.15) is 0 Å². The monoisotopic (exact) mass is 826 g/mol. The minimum absolute atomic E-state index is 0.566. The van der Waals surface area contributed by atoms with Gasteiger partial charge in [0.2, 0.25) is 0 Å². The molecule has 0 amide bonds. The van der Waals surface area contributed by atoms with E-state index >= 15 is 0 Å². The fourth-order valence-electron chi connectivity index (χ4n) is 10.5. The summed E-state index contributed by atoms with van der Waals surface area (Å²) < 4.78 is 0. The van der Waals surface area contributed by atoms with Gasteiger partial charge in [-0.1, -0.05) is 212 Å². The van der Waals surface area contributed by atoms with Crippen LogP contribution in [0.1, 0.15) is 22.3 Å². The topological polar surface area (TPSA) is 51.6 Å². The second-order valence-electron chi connectivity index (χ2n) is 16.9. The van der Waals surface area contributed by atoms with Gasteiger partial charge in [-0.25, -0.2) is 19.9 Å². The fourth-order valence-corrected chi connectivity index (χ4v) is 10.5. The van der Waals surface area contributed by atoms with E-state index in [9.17, 15) is 0 Å². The fraction of sp³-hybridized carbons (Fsp3) is 0.0164. The molecule has 0 saturated carbocycles. The zero-order valence-corrected chi connectivity index (χ0v) is 35.2. The van der Waals surface area contributed by atoms with E-state index < -0.39 is 5.41 Å². The van der Waals surface area contributed by atoms with Gasteiger partial charge in [0.15, 0.2) is 17.5 Å². The molecule has 4 nitrogen and oxygen atoms in total. The minimum atomic E-state index is -0.566. The molecule has 2 aromatic heterocycles. The van der Waals surface area contributed by atoms with Gasteiger partial charge >= 0.3 is 0 Å². The van der Waals surface area contributed by atoms with Crippen molar-refractivity contribution < 1.29 is 0 Å². The van der Waals surface area contributed by atoms with E-state index in [0.29, 0.717) is 17.5 Å². The van der Waals surface area contributed by atoms with Crippen LogP contribution in [0.15, 0.2) is 231 Å². The van der Waals surface area contributed by atoms with Crippen LogP contribution >= 0.6 is 0 Å². The molecule has 302 valence electrons. The molecule has 11 aromatic rings. The number of benzene rings is 9. The Bertz CT molecular complexity index is 3600. The maximum atomic E-state index is 5.64. The van der Waals surface area contributed by atoms with Gasteiger partial charge in [-0.3, -0.25) is 0 Å². The second-order valence-corrected chi connectivity index (χ2v) is 16.9. The summed E-state index contributed by atoms with van der Waals surface area (Å²) in [6, 6.07) is 82.2. The highest BCUT2D eigenvalue weighted by molar-refractivity contribution is 6.07. The van der Waals surface area contributed by atoms with E-state index in [1.165, 1.54) is 44.3 Å². The van der Waals surface area contributed by atoms with Gasteiger partial charge in [0.1, 0.15) is 0 Å². The molecule has 1 atom stereocenters. The lowest BCUT2D eigenvalue weighted by Crippen LogP contribution is -2.26. The van der Waals surface area contributed by atoms with Crippen LogP contribution in [0.2, 0.25) is 0 Å². The Labute approximate surface area is 377 Å². The summed E-state index contributed by atoms with van der Waals surface area (Å²) in [7, 11) is 0. The van der Waals surface area contributed by atoms with E-state index in [1.807, 2.05) is 60.7 Å². The molecule has 0 radical (unpaired) electrons. The molecular weight excluding hydrogens is 789 g/mol. The van der Waals surface area contributed by atoms with E-state index in [2.05, 4.69) is 170 Å². The molecular formula is C61H38N4. The Morgan fingerprint density at radius 1 is 0.246 bits per heavy atom. The number of pyridine rings is 1. The van der Waals surface area contributed by atoms with Crippen molar-refractivity contribution in [3.05, 3.63) is 253 Å². The molecule has 1 unspecified atom stereocenters. The Kier molecular flexibility index (Phi) is 8.40. The van der Waals surface area contributed by atoms with Crippen LogP contribution in [0.25, 0.3) is 101 Å². The van der Waals surface area contributed by atoms with Crippen LogP contribution < -0.4 is 0 Å². The van der Waals surface area contributed by atoms with Crippen molar-refractivity contribution in [3.8, 4) is 90.1 Å². The lowest BCUT2D eigenvalue weighted by atomic mass is 9.69. The van der Waals surface area contributed by atoms with Crippen LogP contribution in [-0.2, 0) is 5.41 Å². The third-order valence-corrected chi connectivity index (χ3v) is 13.3. The number of hydrogen-bond donors (Lipinski definition) is 0. The molecule has 0 N–H and O–H groups in total. The van der Waals surface area contributed by atoms with Gasteiger partial charge in [-0.05, 0) is 73.7 Å². The summed E-state index contributed by atoms with van der Waals surface area (Å²) in [5.41, 5.74) is 18.8. The van der Waals surface area contributed by atoms with Crippen molar-refractivity contribution in [3.63, 3.8) is 0 Å². The summed E-state index contributed by atoms with van der Waals surface area (Å²) >= 11 is 0. The summed E-state index contributed by atoms with van der Waals surface area (Å²) in [6.45, 7) is 0. The van der Waals surface area contributed by atoms with Crippen molar-refractivity contribution >= 4 is 10.8 Å². The second kappa shape index (κ2) is 14.8. The Morgan fingerprint density at radius 2 is 0.677 bits per heavy atom. The first-order chi connectivity index (χ1) is 32.2. The SMILES string of the molecule is c1ccc(-c2nc(-c3ccccc3)nc(-c3cccc(-c4cccc(-c5ccc6c(c5)C5(c7ccccc7-6)c6ccccc6-c6nc(-c7ccccc7)c7ccccc7c65)c4)c3)n2)cc1. The average Bonchev–Trinajstić information content (AvgIpc) is 3.86. The molecule has 0 saturated heterocycles. The summed E-state index contributed by atoms with van der Waals surface area (Å²) in [6.07, 6.45) is 0. The molecule has 2 heterocycles. The highest BCUT2D eigenvalue weighted by atomic mass is 15.0. The third-order valence-electron chi connectivity index (χ3n) is 13.3. The van der Waals surface area contributed by atoms with Gasteiger partial charge in [-0.15, -0.1) is 0 Å². The number of hydrogen-bond acceptors (Lipinski definition) is 4. The van der Waals surface area contributed by atoms with Crippen LogP contribution in [0.4, 0.5) is 0 Å². The van der Waals surface area contributed by atoms with E-state index in [0.717, 1.165) is 61.3 Å². The van der Waals surface area contributed by atoms with Crippen LogP contribution in [0, 0.1) is 0 Å². The Hall–Kier alpha value is -8.60. The Balaban J connectivity index is 0.962. The number of rotatable bonds is 6. The first-order valence-corrected chi connectivity index (χ1v) is 22.1. The van der Waals surface area contributed by atoms with E-state index in [1.54, 1.807) is 0 Å². The normalized spacial score (nSPS) is 14.2. The number of nitrogens with zero attached hydrogens (tertiary/aromatic N) is 4. The van der Waals surface area contributed by atoms with Crippen LogP contribution in [0.5, 0.6) is 0 Å². The van der Waals surface area contributed by atoms with Crippen LogP contribution in [-0.4, -0.2) is 19.9 Å². The van der Waals surface area contributed by atoms with Gasteiger partial charge in [0.05, 0.1) is 16.8 Å². The lowest BCUT2D eigenvalue weighted by Gasteiger charge is -2.31. The summed E-state index contributed by atoms with van der Waals surface area (Å²) in [5, 5.41) is 2.39. The maximum Gasteiger partial charge on any atom is 0.164 e. The molecule has 2 aliphatic rings. The molecule has 0 fully saturated rings. The standard InChI is InChI=1S/C61H38N4/c1-4-18-39(19-5-1)56-50-30-11-10-29-49(50)55-57(62-56)51-31-13-15-33-53(51)61(55)52-32-14-12-28-47(52)48-35-34-45(38-54(48)61)43-25-16-24-42(36-43)44-26-17-27-46(37-44)60-64-58(40-20-6-2-7-21-40)63-59(65-60)41-22-8-3-9-23-41/h1-38H. The quantitative estimate of drug-likeness (QED) is 0.168. The Morgan fingerprint density at radius 3 is 1.31 bits per heavy atom. The number of aromatic nitrogens is 4. The molecule has 0 bridgehead atoms. The zero-order valence-electron chi connectivity index (χ0n) is 35.2. The predicted molar refractivity (Wildman–Crippen MR) is 264 cm³/mol. The van der Waals surface area contributed by atoms with E-state index in [4.69, 9.17) is 19.9 Å². The summed E-state index contributed by atoms with van der Waals surface area (Å²) in [4.78, 5) is 20.6. The smallest absolute Gasteiger partial charge is 0.164 e. The van der Waals surface area contributed by atoms with Crippen molar-refractivity contribution in [2.24, 2.45) is 0 Å². The minimum Gasteiger partial charge on any atom is -0.247 e. The molecule has 9 aromatic carbocycles.